The van der Waals surface area contributed by atoms with E-state index in [1.165, 1.54) is 19.3 Å². The van der Waals surface area contributed by atoms with E-state index in [0.29, 0.717) is 5.57 Å². The van der Waals surface area contributed by atoms with Gasteiger partial charge >= 0.3 is 5.97 Å². The zero-order chi connectivity index (χ0) is 11.0. The van der Waals surface area contributed by atoms with Crippen molar-refractivity contribution >= 4 is 5.97 Å². The van der Waals surface area contributed by atoms with Crippen molar-refractivity contribution in [2.75, 3.05) is 0 Å². The molecule has 2 heteroatoms. The van der Waals surface area contributed by atoms with E-state index < -0.39 is 0 Å². The van der Waals surface area contributed by atoms with Gasteiger partial charge in [-0.3, -0.25) is 0 Å². The summed E-state index contributed by atoms with van der Waals surface area (Å²) in [6, 6.07) is 0. The molecule has 2 nitrogen and oxygen atoms in total. The van der Waals surface area contributed by atoms with Crippen LogP contribution in [0.25, 0.3) is 0 Å². The maximum Gasteiger partial charge on any atom is 0.333 e. The van der Waals surface area contributed by atoms with E-state index in [4.69, 9.17) is 4.74 Å². The second kappa shape index (κ2) is 9.75. The number of ether oxygens (including phenoxy) is 1. The minimum absolute atomic E-state index is 0. The van der Waals surface area contributed by atoms with E-state index >= 15 is 0 Å². The van der Waals surface area contributed by atoms with Crippen molar-refractivity contribution in [1.82, 2.24) is 0 Å². The lowest BCUT2D eigenvalue weighted by Gasteiger charge is -2.21. The molecular formula is C13H26O2. The lowest BCUT2D eigenvalue weighted by Crippen LogP contribution is -2.20. The highest BCUT2D eigenvalue weighted by atomic mass is 16.5. The fraction of sp³-hybridized carbons (Fsp3) is 0.769. The van der Waals surface area contributed by atoms with Gasteiger partial charge in [-0.25, -0.2) is 4.79 Å². The van der Waals surface area contributed by atoms with Crippen LogP contribution in [0.3, 0.4) is 0 Å². The highest BCUT2D eigenvalue weighted by Crippen LogP contribution is 2.20. The summed E-state index contributed by atoms with van der Waals surface area (Å²) in [6.45, 7) is 9.23. The molecule has 0 unspecified atom stereocenters. The van der Waals surface area contributed by atoms with Gasteiger partial charge in [0.1, 0.15) is 6.10 Å². The molecule has 0 aromatic carbocycles. The minimum atomic E-state index is -0.234. The van der Waals surface area contributed by atoms with Crippen LogP contribution in [0.4, 0.5) is 0 Å². The average Bonchev–Trinajstić information content (AvgIpc) is 2.22. The first kappa shape index (κ1) is 16.6. The van der Waals surface area contributed by atoms with Crippen LogP contribution in [0, 0.1) is 0 Å². The Morgan fingerprint density at radius 2 is 1.67 bits per heavy atom. The Hall–Kier alpha value is -0.790. The van der Waals surface area contributed by atoms with Gasteiger partial charge in [-0.15, -0.1) is 0 Å². The molecule has 0 spiro atoms. The van der Waals surface area contributed by atoms with Crippen LogP contribution >= 0.6 is 0 Å². The van der Waals surface area contributed by atoms with Crippen LogP contribution in [-0.2, 0) is 9.53 Å². The van der Waals surface area contributed by atoms with E-state index in [1.54, 1.807) is 6.92 Å². The number of hydrogen-bond donors (Lipinski definition) is 0. The van der Waals surface area contributed by atoms with Crippen LogP contribution in [0.5, 0.6) is 0 Å². The lowest BCUT2D eigenvalue weighted by atomic mass is 9.98. The molecule has 0 aromatic heterocycles. The Balaban J connectivity index is 0. The van der Waals surface area contributed by atoms with Gasteiger partial charge in [-0.1, -0.05) is 34.3 Å². The molecular weight excluding hydrogens is 188 g/mol. The first-order chi connectivity index (χ1) is 6.70. The van der Waals surface area contributed by atoms with Crippen molar-refractivity contribution in [2.24, 2.45) is 0 Å². The first-order valence-corrected chi connectivity index (χ1v) is 5.56. The number of esters is 1. The summed E-state index contributed by atoms with van der Waals surface area (Å²) in [4.78, 5) is 11.1. The molecule has 0 saturated heterocycles. The second-order valence-corrected chi connectivity index (χ2v) is 3.45. The summed E-state index contributed by atoms with van der Waals surface area (Å²) in [5.74, 6) is -0.234. The smallest absolute Gasteiger partial charge is 0.333 e. The highest BCUT2D eigenvalue weighted by molar-refractivity contribution is 5.87. The van der Waals surface area contributed by atoms with Crippen molar-refractivity contribution in [1.29, 1.82) is 0 Å². The van der Waals surface area contributed by atoms with Crippen molar-refractivity contribution in [3.8, 4) is 0 Å². The van der Waals surface area contributed by atoms with E-state index in [-0.39, 0.29) is 19.5 Å². The topological polar surface area (TPSA) is 26.3 Å². The second-order valence-electron chi connectivity index (χ2n) is 3.45. The molecule has 15 heavy (non-hydrogen) atoms. The number of carbonyl (C=O) groups excluding carboxylic acids is 1. The van der Waals surface area contributed by atoms with E-state index in [1.807, 2.05) is 13.8 Å². The predicted molar refractivity (Wildman–Crippen MR) is 65.9 cm³/mol. The molecule has 1 rings (SSSR count). The summed E-state index contributed by atoms with van der Waals surface area (Å²) in [7, 11) is 0. The molecule has 0 radical (unpaired) electrons. The van der Waals surface area contributed by atoms with E-state index in [0.717, 1.165) is 12.8 Å². The third kappa shape index (κ3) is 7.18. The normalized spacial score (nSPS) is 15.4. The molecule has 0 amide bonds. The summed E-state index contributed by atoms with van der Waals surface area (Å²) in [6.07, 6.45) is 5.87. The Bertz CT molecular complexity index is 179. The van der Waals surface area contributed by atoms with Crippen molar-refractivity contribution in [3.63, 3.8) is 0 Å². The lowest BCUT2D eigenvalue weighted by molar-refractivity contribution is -0.145. The Morgan fingerprint density at radius 1 is 1.20 bits per heavy atom. The largest absolute Gasteiger partial charge is 0.459 e. The molecule has 0 heterocycles. The molecule has 1 aliphatic carbocycles. The third-order valence-corrected chi connectivity index (χ3v) is 2.17. The zero-order valence-electron chi connectivity index (χ0n) is 9.64. The molecule has 0 aliphatic heterocycles. The molecule has 90 valence electrons. The SMILES string of the molecule is C.C=C(C)C(=O)OC1CCCCC1.CC. The van der Waals surface area contributed by atoms with Gasteiger partial charge in [0, 0.05) is 5.57 Å². The first-order valence-electron chi connectivity index (χ1n) is 5.56. The van der Waals surface area contributed by atoms with Crippen LogP contribution in [0.2, 0.25) is 0 Å². The van der Waals surface area contributed by atoms with Crippen molar-refractivity contribution in [3.05, 3.63) is 12.2 Å². The Labute approximate surface area is 94.7 Å². The number of carbonyl (C=O) groups is 1. The summed E-state index contributed by atoms with van der Waals surface area (Å²) in [5.41, 5.74) is 0.501. The van der Waals surface area contributed by atoms with Gasteiger partial charge < -0.3 is 4.74 Å². The predicted octanol–water partition coefficient (Wildman–Crippen LogP) is 4.10. The van der Waals surface area contributed by atoms with Crippen LogP contribution in [0.15, 0.2) is 12.2 Å². The molecule has 0 atom stereocenters. The molecule has 1 saturated carbocycles. The van der Waals surface area contributed by atoms with E-state index in [2.05, 4.69) is 6.58 Å². The van der Waals surface area contributed by atoms with Gasteiger partial charge in [-0.05, 0) is 32.6 Å². The Kier molecular flexibility index (Phi) is 10.8. The molecule has 1 aliphatic rings. The quantitative estimate of drug-likeness (QED) is 0.511. The number of hydrogen-bond acceptors (Lipinski definition) is 2. The molecule has 0 bridgehead atoms. The highest BCUT2D eigenvalue weighted by Gasteiger charge is 2.17. The maximum absolute atomic E-state index is 11.1. The fourth-order valence-corrected chi connectivity index (χ4v) is 1.43. The fourth-order valence-electron chi connectivity index (χ4n) is 1.43. The summed E-state index contributed by atoms with van der Waals surface area (Å²) in [5, 5.41) is 0. The van der Waals surface area contributed by atoms with Crippen LogP contribution in [0.1, 0.15) is 60.3 Å². The van der Waals surface area contributed by atoms with Gasteiger partial charge in [-0.2, -0.15) is 0 Å². The van der Waals surface area contributed by atoms with E-state index in [9.17, 15) is 4.79 Å². The third-order valence-electron chi connectivity index (χ3n) is 2.17. The Morgan fingerprint density at radius 3 is 2.07 bits per heavy atom. The summed E-state index contributed by atoms with van der Waals surface area (Å²) >= 11 is 0. The van der Waals surface area contributed by atoms with Gasteiger partial charge in [0.05, 0.1) is 0 Å². The number of rotatable bonds is 2. The van der Waals surface area contributed by atoms with Crippen molar-refractivity contribution in [2.45, 2.75) is 66.4 Å². The molecule has 0 N–H and O–H groups in total. The molecule has 0 aromatic rings. The van der Waals surface area contributed by atoms with Gasteiger partial charge in [0.25, 0.3) is 0 Å². The average molecular weight is 214 g/mol. The minimum Gasteiger partial charge on any atom is -0.459 e. The summed E-state index contributed by atoms with van der Waals surface area (Å²) < 4.78 is 5.21. The van der Waals surface area contributed by atoms with Gasteiger partial charge in [0.15, 0.2) is 0 Å². The zero-order valence-corrected chi connectivity index (χ0v) is 9.64. The van der Waals surface area contributed by atoms with Crippen molar-refractivity contribution < 1.29 is 9.53 Å². The van der Waals surface area contributed by atoms with Crippen LogP contribution in [-0.4, -0.2) is 12.1 Å². The molecule has 1 fully saturated rings. The van der Waals surface area contributed by atoms with Gasteiger partial charge in [0.2, 0.25) is 0 Å². The monoisotopic (exact) mass is 214 g/mol. The van der Waals surface area contributed by atoms with Crippen LogP contribution < -0.4 is 0 Å². The maximum atomic E-state index is 11.1. The standard InChI is InChI=1S/C10H16O2.C2H6.CH4/c1-8(2)10(11)12-9-6-4-3-5-7-9;1-2;/h9H,1,3-7H2,2H3;1-2H3;1H4.